The summed E-state index contributed by atoms with van der Waals surface area (Å²) in [5, 5.41) is 0. The summed E-state index contributed by atoms with van der Waals surface area (Å²) in [4.78, 5) is 42.9. The second-order valence-electron chi connectivity index (χ2n) is 8.81. The Morgan fingerprint density at radius 3 is 2.59 bits per heavy atom. The molecule has 0 aromatic carbocycles. The SMILES string of the molecule is CCc1ccc(CN2CCc3c(C(=O)N4CCCC[C@H]4C(=O)OC)c(OC)cc(=O)n3CC2)o1. The highest BCUT2D eigenvalue weighted by molar-refractivity contribution is 6.00. The van der Waals surface area contributed by atoms with Crippen LogP contribution >= 0.6 is 0 Å². The molecule has 1 saturated heterocycles. The molecule has 2 aliphatic heterocycles. The Balaban J connectivity index is 1.64. The Bertz CT molecular complexity index is 1100. The molecule has 0 N–H and O–H groups in total. The average molecular weight is 472 g/mol. The first-order chi connectivity index (χ1) is 16.5. The number of hydrogen-bond donors (Lipinski definition) is 0. The molecule has 2 aromatic rings. The molecular formula is C25H33N3O6. The number of ether oxygens (including phenoxy) is 2. The van der Waals surface area contributed by atoms with Gasteiger partial charge in [-0.1, -0.05) is 6.92 Å². The highest BCUT2D eigenvalue weighted by atomic mass is 16.5. The van der Waals surface area contributed by atoms with Gasteiger partial charge in [0.05, 0.1) is 20.8 Å². The molecule has 0 bridgehead atoms. The van der Waals surface area contributed by atoms with Crippen LogP contribution in [0.3, 0.4) is 0 Å². The maximum Gasteiger partial charge on any atom is 0.328 e. The van der Waals surface area contributed by atoms with E-state index in [2.05, 4.69) is 11.8 Å². The highest BCUT2D eigenvalue weighted by Crippen LogP contribution is 2.28. The number of aryl methyl sites for hydroxylation is 1. The van der Waals surface area contributed by atoms with E-state index in [4.69, 9.17) is 13.9 Å². The number of carbonyl (C=O) groups excluding carboxylic acids is 2. The van der Waals surface area contributed by atoms with Crippen LogP contribution in [0.1, 0.15) is 53.8 Å². The molecule has 9 heteroatoms. The minimum atomic E-state index is -0.627. The number of piperidine rings is 1. The highest BCUT2D eigenvalue weighted by Gasteiger charge is 2.36. The number of aromatic nitrogens is 1. The summed E-state index contributed by atoms with van der Waals surface area (Å²) < 4.78 is 18.0. The summed E-state index contributed by atoms with van der Waals surface area (Å²) >= 11 is 0. The van der Waals surface area contributed by atoms with Crippen molar-refractivity contribution in [3.63, 3.8) is 0 Å². The maximum atomic E-state index is 13.8. The summed E-state index contributed by atoms with van der Waals surface area (Å²) in [5.74, 6) is 1.38. The number of fused-ring (bicyclic) bond motifs is 1. The van der Waals surface area contributed by atoms with Crippen molar-refractivity contribution in [3.8, 4) is 5.75 Å². The number of amides is 1. The van der Waals surface area contributed by atoms with Crippen molar-refractivity contribution in [1.82, 2.24) is 14.4 Å². The smallest absolute Gasteiger partial charge is 0.328 e. The molecule has 1 atom stereocenters. The third-order valence-corrected chi connectivity index (χ3v) is 6.80. The van der Waals surface area contributed by atoms with Crippen LogP contribution < -0.4 is 10.3 Å². The van der Waals surface area contributed by atoms with Gasteiger partial charge in [-0.2, -0.15) is 0 Å². The molecule has 0 saturated carbocycles. The van der Waals surface area contributed by atoms with E-state index in [1.54, 1.807) is 9.47 Å². The van der Waals surface area contributed by atoms with E-state index >= 15 is 0 Å². The molecule has 4 rings (SSSR count). The van der Waals surface area contributed by atoms with Gasteiger partial charge in [0.15, 0.2) is 0 Å². The molecule has 184 valence electrons. The number of hydrogen-bond acceptors (Lipinski definition) is 7. The number of likely N-dealkylation sites (tertiary alicyclic amines) is 1. The Labute approximate surface area is 199 Å². The fourth-order valence-corrected chi connectivity index (χ4v) is 4.96. The molecule has 0 spiro atoms. The number of furan rings is 1. The molecule has 0 unspecified atom stereocenters. The van der Waals surface area contributed by atoms with Gasteiger partial charge in [-0.25, -0.2) is 4.79 Å². The summed E-state index contributed by atoms with van der Waals surface area (Å²) in [6.45, 7) is 4.93. The molecule has 2 aliphatic rings. The van der Waals surface area contributed by atoms with Gasteiger partial charge in [-0.05, 0) is 31.4 Å². The van der Waals surface area contributed by atoms with E-state index in [0.29, 0.717) is 56.8 Å². The van der Waals surface area contributed by atoms with Crippen LogP contribution in [0.5, 0.6) is 5.75 Å². The Morgan fingerprint density at radius 2 is 1.88 bits per heavy atom. The van der Waals surface area contributed by atoms with Crippen molar-refractivity contribution in [1.29, 1.82) is 0 Å². The summed E-state index contributed by atoms with van der Waals surface area (Å²) in [5.41, 5.74) is 0.824. The first-order valence-corrected chi connectivity index (χ1v) is 12.0. The van der Waals surface area contributed by atoms with E-state index in [1.165, 1.54) is 20.3 Å². The summed E-state index contributed by atoms with van der Waals surface area (Å²) in [6, 6.07) is 4.73. The summed E-state index contributed by atoms with van der Waals surface area (Å²) in [7, 11) is 2.80. The second-order valence-corrected chi connectivity index (χ2v) is 8.81. The largest absolute Gasteiger partial charge is 0.496 e. The first-order valence-electron chi connectivity index (χ1n) is 12.0. The number of rotatable bonds is 6. The van der Waals surface area contributed by atoms with Crippen LogP contribution in [-0.2, 0) is 35.5 Å². The van der Waals surface area contributed by atoms with Gasteiger partial charge >= 0.3 is 5.97 Å². The lowest BCUT2D eigenvalue weighted by Crippen LogP contribution is -2.49. The van der Waals surface area contributed by atoms with E-state index in [1.807, 2.05) is 12.1 Å². The molecule has 0 radical (unpaired) electrons. The quantitative estimate of drug-likeness (QED) is 0.597. The van der Waals surface area contributed by atoms with Crippen molar-refractivity contribution in [2.75, 3.05) is 33.9 Å². The predicted octanol–water partition coefficient (Wildman–Crippen LogP) is 2.24. The van der Waals surface area contributed by atoms with Gasteiger partial charge in [0.25, 0.3) is 11.5 Å². The van der Waals surface area contributed by atoms with E-state index in [9.17, 15) is 14.4 Å². The average Bonchev–Trinajstić information content (AvgIpc) is 3.21. The van der Waals surface area contributed by atoms with Crippen molar-refractivity contribution in [2.24, 2.45) is 0 Å². The van der Waals surface area contributed by atoms with Gasteiger partial charge in [-0.3, -0.25) is 14.5 Å². The van der Waals surface area contributed by atoms with Gasteiger partial charge in [0.1, 0.15) is 28.9 Å². The summed E-state index contributed by atoms with van der Waals surface area (Å²) in [6.07, 6.45) is 3.58. The Hall–Kier alpha value is -3.07. The van der Waals surface area contributed by atoms with Crippen LogP contribution in [0.15, 0.2) is 27.4 Å². The van der Waals surface area contributed by atoms with Gasteiger partial charge in [0, 0.05) is 50.8 Å². The number of nitrogens with zero attached hydrogens (tertiary/aromatic N) is 3. The van der Waals surface area contributed by atoms with E-state index in [0.717, 1.165) is 30.8 Å². The lowest BCUT2D eigenvalue weighted by molar-refractivity contribution is -0.147. The lowest BCUT2D eigenvalue weighted by atomic mass is 9.99. The number of pyridine rings is 1. The first kappa shape index (κ1) is 24.1. The van der Waals surface area contributed by atoms with Gasteiger partial charge in [0.2, 0.25) is 0 Å². The van der Waals surface area contributed by atoms with Crippen LogP contribution in [0, 0.1) is 0 Å². The van der Waals surface area contributed by atoms with Crippen LogP contribution in [-0.4, -0.2) is 66.1 Å². The van der Waals surface area contributed by atoms with Gasteiger partial charge < -0.3 is 23.4 Å². The fourth-order valence-electron chi connectivity index (χ4n) is 4.96. The van der Waals surface area contributed by atoms with Crippen LogP contribution in [0.4, 0.5) is 0 Å². The number of methoxy groups -OCH3 is 2. The van der Waals surface area contributed by atoms with Crippen LogP contribution in [0.25, 0.3) is 0 Å². The van der Waals surface area contributed by atoms with Crippen molar-refractivity contribution < 1.29 is 23.5 Å². The number of esters is 1. The standard InChI is InChI=1S/C25H33N3O6/c1-4-17-8-9-18(34-17)16-26-12-10-19-23(21(32-2)15-22(29)27(19)14-13-26)24(30)28-11-6-5-7-20(28)25(31)33-3/h8-9,15,20H,4-7,10-14,16H2,1-3H3/t20-/m0/s1. The Kier molecular flexibility index (Phi) is 7.41. The third kappa shape index (κ3) is 4.75. The van der Waals surface area contributed by atoms with Crippen LogP contribution in [0.2, 0.25) is 0 Å². The normalized spacial score (nSPS) is 18.8. The lowest BCUT2D eigenvalue weighted by Gasteiger charge is -2.34. The Morgan fingerprint density at radius 1 is 1.09 bits per heavy atom. The fraction of sp³-hybridized carbons (Fsp3) is 0.560. The third-order valence-electron chi connectivity index (χ3n) is 6.80. The minimum absolute atomic E-state index is 0.195. The maximum absolute atomic E-state index is 13.8. The zero-order valence-corrected chi connectivity index (χ0v) is 20.2. The second kappa shape index (κ2) is 10.5. The molecule has 4 heterocycles. The van der Waals surface area contributed by atoms with E-state index < -0.39 is 12.0 Å². The minimum Gasteiger partial charge on any atom is -0.496 e. The predicted molar refractivity (Wildman–Crippen MR) is 125 cm³/mol. The monoisotopic (exact) mass is 471 g/mol. The molecule has 9 nitrogen and oxygen atoms in total. The molecule has 0 aliphatic carbocycles. The van der Waals surface area contributed by atoms with Crippen molar-refractivity contribution >= 4 is 11.9 Å². The molecule has 34 heavy (non-hydrogen) atoms. The van der Waals surface area contributed by atoms with Crippen molar-refractivity contribution in [3.05, 3.63) is 51.3 Å². The molecule has 1 amide bonds. The molecule has 2 aromatic heterocycles. The molecular weight excluding hydrogens is 438 g/mol. The van der Waals surface area contributed by atoms with Crippen molar-refractivity contribution in [2.45, 2.75) is 58.2 Å². The molecule has 1 fully saturated rings. The zero-order chi connectivity index (χ0) is 24.2. The topological polar surface area (TPSA) is 94.2 Å². The number of carbonyl (C=O) groups is 2. The van der Waals surface area contributed by atoms with E-state index in [-0.39, 0.29) is 17.2 Å². The zero-order valence-electron chi connectivity index (χ0n) is 20.2. The van der Waals surface area contributed by atoms with Gasteiger partial charge in [-0.15, -0.1) is 0 Å².